The maximum absolute atomic E-state index is 12.8. The van der Waals surface area contributed by atoms with Crippen LogP contribution in [0.5, 0.6) is 0 Å². The van der Waals surface area contributed by atoms with Gasteiger partial charge in [-0.05, 0) is 35.9 Å². The van der Waals surface area contributed by atoms with Crippen molar-refractivity contribution in [2.75, 3.05) is 0 Å². The zero-order chi connectivity index (χ0) is 19.8. The van der Waals surface area contributed by atoms with E-state index in [0.29, 0.717) is 11.6 Å². The molecule has 0 aromatic heterocycles. The predicted octanol–water partition coefficient (Wildman–Crippen LogP) is 2.48. The van der Waals surface area contributed by atoms with Crippen LogP contribution in [-0.2, 0) is 32.8 Å². The summed E-state index contributed by atoms with van der Waals surface area (Å²) in [5.41, 5.74) is -0.884. The Kier molecular flexibility index (Phi) is 5.69. The molecule has 0 aliphatic rings. The second kappa shape index (κ2) is 7.16. The number of nitrogens with one attached hydrogen (secondary N) is 1. The van der Waals surface area contributed by atoms with Gasteiger partial charge in [0, 0.05) is 6.54 Å². The van der Waals surface area contributed by atoms with Gasteiger partial charge < -0.3 is 0 Å². The van der Waals surface area contributed by atoms with Gasteiger partial charge in [0.25, 0.3) is 0 Å². The second-order valence-electron chi connectivity index (χ2n) is 5.15. The summed E-state index contributed by atoms with van der Waals surface area (Å²) in [6.45, 7) is -0.267. The molecule has 0 aliphatic heterocycles. The lowest BCUT2D eigenvalue weighted by Crippen LogP contribution is -2.24. The van der Waals surface area contributed by atoms with Gasteiger partial charge in [-0.3, -0.25) is 0 Å². The van der Waals surface area contributed by atoms with E-state index < -0.39 is 41.7 Å². The van der Waals surface area contributed by atoms with Crippen LogP contribution in [0.3, 0.4) is 0 Å². The van der Waals surface area contributed by atoms with E-state index in [1.807, 2.05) is 0 Å². The summed E-state index contributed by atoms with van der Waals surface area (Å²) >= 11 is 5.46. The van der Waals surface area contributed by atoms with Gasteiger partial charge in [0.05, 0.1) is 20.4 Å². The number of alkyl halides is 3. The molecule has 0 fully saturated rings. The molecule has 0 atom stereocenters. The van der Waals surface area contributed by atoms with Crippen LogP contribution in [0, 0.1) is 0 Å². The van der Waals surface area contributed by atoms with E-state index in [-0.39, 0.29) is 11.4 Å². The Bertz CT molecular complexity index is 1020. The fourth-order valence-corrected chi connectivity index (χ4v) is 3.73. The highest BCUT2D eigenvalue weighted by atomic mass is 35.5. The minimum atomic E-state index is -4.80. The number of nitrogens with two attached hydrogens (primary N) is 1. The van der Waals surface area contributed by atoms with Crippen LogP contribution < -0.4 is 9.86 Å². The van der Waals surface area contributed by atoms with E-state index in [1.54, 1.807) is 0 Å². The molecule has 0 amide bonds. The van der Waals surface area contributed by atoms with E-state index in [2.05, 4.69) is 4.72 Å². The molecule has 2 aromatic carbocycles. The summed E-state index contributed by atoms with van der Waals surface area (Å²) in [6, 6.07) is 7.25. The highest BCUT2D eigenvalue weighted by Gasteiger charge is 2.34. The van der Waals surface area contributed by atoms with Crippen molar-refractivity contribution in [1.82, 2.24) is 4.72 Å². The van der Waals surface area contributed by atoms with Gasteiger partial charge in [0.1, 0.15) is 0 Å². The third kappa shape index (κ3) is 4.95. The Morgan fingerprint density at radius 2 is 1.50 bits per heavy atom. The first kappa shape index (κ1) is 20.6. The number of primary sulfonamides is 1. The van der Waals surface area contributed by atoms with E-state index in [4.69, 9.17) is 16.7 Å². The number of hydrogen-bond donors (Lipinski definition) is 2. The monoisotopic (exact) mass is 428 g/mol. The Morgan fingerprint density at radius 3 is 2.00 bits per heavy atom. The quantitative estimate of drug-likeness (QED) is 0.762. The van der Waals surface area contributed by atoms with Gasteiger partial charge in [0.2, 0.25) is 20.0 Å². The number of benzene rings is 2. The number of sulfonamides is 2. The fraction of sp³-hybridized carbons (Fsp3) is 0.143. The molecule has 142 valence electrons. The average molecular weight is 429 g/mol. The first-order valence-electron chi connectivity index (χ1n) is 6.79. The van der Waals surface area contributed by atoms with Crippen molar-refractivity contribution < 1.29 is 30.0 Å². The zero-order valence-electron chi connectivity index (χ0n) is 12.8. The smallest absolute Gasteiger partial charge is 0.225 e. The number of hydrogen-bond acceptors (Lipinski definition) is 4. The molecule has 6 nitrogen and oxygen atoms in total. The van der Waals surface area contributed by atoms with Gasteiger partial charge in [-0.25, -0.2) is 26.7 Å². The van der Waals surface area contributed by atoms with Crippen LogP contribution in [0.4, 0.5) is 13.2 Å². The maximum Gasteiger partial charge on any atom is 0.417 e. The molecular formula is C14H12ClF3N2O4S2. The summed E-state index contributed by atoms with van der Waals surface area (Å²) in [4.78, 5) is -0.757. The van der Waals surface area contributed by atoms with E-state index in [1.165, 1.54) is 24.3 Å². The number of halogens is 4. The Labute approximate surface area is 152 Å². The molecule has 26 heavy (non-hydrogen) atoms. The molecule has 0 bridgehead atoms. The van der Waals surface area contributed by atoms with Crippen molar-refractivity contribution in [2.24, 2.45) is 5.14 Å². The minimum absolute atomic E-state index is 0.156. The normalized spacial score (nSPS) is 13.0. The third-order valence-electron chi connectivity index (χ3n) is 3.27. The Morgan fingerprint density at radius 1 is 0.962 bits per heavy atom. The molecule has 0 spiro atoms. The van der Waals surface area contributed by atoms with E-state index in [9.17, 15) is 30.0 Å². The zero-order valence-corrected chi connectivity index (χ0v) is 15.2. The summed E-state index contributed by atoms with van der Waals surface area (Å²) in [7, 11) is -8.13. The standard InChI is InChI=1S/C14H12ClF3N2O4S2/c15-13-6-5-11(7-12(13)14(16,17)18)26(23,24)20-8-9-1-3-10(4-2-9)25(19,21)22/h1-7,20H,8H2,(H2,19,21,22). The molecule has 12 heteroatoms. The molecule has 0 saturated carbocycles. The van der Waals surface area contributed by atoms with Crippen molar-refractivity contribution in [3.8, 4) is 0 Å². The summed E-state index contributed by atoms with van der Waals surface area (Å²) in [6.07, 6.45) is -4.80. The molecule has 2 rings (SSSR count). The lowest BCUT2D eigenvalue weighted by atomic mass is 10.2. The van der Waals surface area contributed by atoms with Crippen LogP contribution in [0.1, 0.15) is 11.1 Å². The highest BCUT2D eigenvalue weighted by molar-refractivity contribution is 7.89. The van der Waals surface area contributed by atoms with Crippen molar-refractivity contribution in [3.63, 3.8) is 0 Å². The largest absolute Gasteiger partial charge is 0.417 e. The van der Waals surface area contributed by atoms with E-state index >= 15 is 0 Å². The number of rotatable bonds is 5. The van der Waals surface area contributed by atoms with E-state index in [0.717, 1.165) is 12.1 Å². The first-order valence-corrected chi connectivity index (χ1v) is 10.2. The summed E-state index contributed by atoms with van der Waals surface area (Å²) in [5, 5.41) is 4.33. The van der Waals surface area contributed by atoms with Gasteiger partial charge in [0.15, 0.2) is 0 Å². The highest BCUT2D eigenvalue weighted by Crippen LogP contribution is 2.35. The van der Waals surface area contributed by atoms with Crippen molar-refractivity contribution >= 4 is 31.6 Å². The van der Waals surface area contributed by atoms with Crippen LogP contribution in [0.15, 0.2) is 52.3 Å². The van der Waals surface area contributed by atoms with Crippen molar-refractivity contribution in [3.05, 3.63) is 58.6 Å². The van der Waals surface area contributed by atoms with Crippen molar-refractivity contribution in [1.29, 1.82) is 0 Å². The van der Waals surface area contributed by atoms with Gasteiger partial charge in [-0.2, -0.15) is 13.2 Å². The lowest BCUT2D eigenvalue weighted by Gasteiger charge is -2.12. The third-order valence-corrected chi connectivity index (χ3v) is 5.93. The fourth-order valence-electron chi connectivity index (χ4n) is 1.95. The molecule has 0 radical (unpaired) electrons. The molecular weight excluding hydrogens is 417 g/mol. The molecule has 3 N–H and O–H groups in total. The minimum Gasteiger partial charge on any atom is -0.225 e. The average Bonchev–Trinajstić information content (AvgIpc) is 2.51. The van der Waals surface area contributed by atoms with Crippen LogP contribution in [0.2, 0.25) is 5.02 Å². The Balaban J connectivity index is 2.22. The lowest BCUT2D eigenvalue weighted by molar-refractivity contribution is -0.137. The Hall–Kier alpha value is -1.66. The molecule has 0 aliphatic carbocycles. The predicted molar refractivity (Wildman–Crippen MR) is 88.3 cm³/mol. The second-order valence-corrected chi connectivity index (χ2v) is 8.89. The molecule has 0 unspecified atom stereocenters. The molecule has 2 aromatic rings. The summed E-state index contributed by atoms with van der Waals surface area (Å²) < 4.78 is 87.3. The van der Waals surface area contributed by atoms with Crippen LogP contribution >= 0.6 is 11.6 Å². The maximum atomic E-state index is 12.8. The molecule has 0 heterocycles. The SMILES string of the molecule is NS(=O)(=O)c1ccc(CNS(=O)(=O)c2ccc(Cl)c(C(F)(F)F)c2)cc1. The molecule has 0 saturated heterocycles. The van der Waals surface area contributed by atoms with Gasteiger partial charge in [-0.1, -0.05) is 23.7 Å². The van der Waals surface area contributed by atoms with Gasteiger partial charge >= 0.3 is 6.18 Å². The van der Waals surface area contributed by atoms with Crippen LogP contribution in [0.25, 0.3) is 0 Å². The summed E-state index contributed by atoms with van der Waals surface area (Å²) in [5.74, 6) is 0. The topological polar surface area (TPSA) is 106 Å². The van der Waals surface area contributed by atoms with Crippen molar-refractivity contribution in [2.45, 2.75) is 22.5 Å². The van der Waals surface area contributed by atoms with Crippen LogP contribution in [-0.4, -0.2) is 16.8 Å². The van der Waals surface area contributed by atoms with Gasteiger partial charge in [-0.15, -0.1) is 0 Å². The first-order chi connectivity index (χ1) is 11.8.